The zero-order valence-electron chi connectivity index (χ0n) is 15.3. The van der Waals surface area contributed by atoms with E-state index in [4.69, 9.17) is 16.3 Å². The van der Waals surface area contributed by atoms with Crippen LogP contribution in [0.5, 0.6) is 0 Å². The number of benzene rings is 1. The van der Waals surface area contributed by atoms with Gasteiger partial charge in [-0.05, 0) is 37.5 Å². The van der Waals surface area contributed by atoms with Crippen molar-refractivity contribution in [2.45, 2.75) is 43.7 Å². The van der Waals surface area contributed by atoms with Crippen LogP contribution in [0.15, 0.2) is 23.1 Å². The van der Waals surface area contributed by atoms with Crippen molar-refractivity contribution in [1.82, 2.24) is 9.29 Å². The fourth-order valence-electron chi connectivity index (χ4n) is 3.39. The van der Waals surface area contributed by atoms with E-state index in [0.717, 1.165) is 17.0 Å². The van der Waals surface area contributed by atoms with Crippen LogP contribution < -0.4 is 5.32 Å². The highest BCUT2D eigenvalue weighted by atomic mass is 35.5. The summed E-state index contributed by atoms with van der Waals surface area (Å²) in [5.41, 5.74) is 1.49. The molecule has 0 spiro atoms. The lowest BCUT2D eigenvalue weighted by Crippen LogP contribution is -2.35. The van der Waals surface area contributed by atoms with Crippen molar-refractivity contribution >= 4 is 44.0 Å². The minimum Gasteiger partial charge on any atom is -0.368 e. The number of thiazole rings is 1. The Morgan fingerprint density at radius 2 is 2.25 bits per heavy atom. The smallest absolute Gasteiger partial charge is 0.255 e. The molecule has 28 heavy (non-hydrogen) atoms. The minimum absolute atomic E-state index is 0.192. The number of nitrogens with one attached hydrogen (secondary N) is 1. The summed E-state index contributed by atoms with van der Waals surface area (Å²) in [5.74, 6) is -0.192. The number of fused-ring (bicyclic) bond motifs is 1. The molecule has 0 saturated carbocycles. The van der Waals surface area contributed by atoms with E-state index in [-0.39, 0.29) is 17.3 Å². The molecule has 1 saturated heterocycles. The Morgan fingerprint density at radius 1 is 1.43 bits per heavy atom. The van der Waals surface area contributed by atoms with E-state index >= 15 is 0 Å². The molecular weight excluding hydrogens is 422 g/mol. The van der Waals surface area contributed by atoms with Gasteiger partial charge >= 0.3 is 0 Å². The lowest BCUT2D eigenvalue weighted by atomic mass is 10.2. The van der Waals surface area contributed by atoms with E-state index in [9.17, 15) is 13.2 Å². The summed E-state index contributed by atoms with van der Waals surface area (Å²) >= 11 is 7.32. The molecule has 4 rings (SSSR count). The van der Waals surface area contributed by atoms with Crippen molar-refractivity contribution in [2.24, 2.45) is 0 Å². The van der Waals surface area contributed by atoms with E-state index < -0.39 is 16.1 Å². The number of amides is 1. The van der Waals surface area contributed by atoms with Gasteiger partial charge in [-0.15, -0.1) is 11.3 Å². The summed E-state index contributed by atoms with van der Waals surface area (Å²) in [6.45, 7) is 2.92. The maximum atomic E-state index is 13.1. The van der Waals surface area contributed by atoms with Crippen LogP contribution in [0.4, 0.5) is 5.13 Å². The predicted molar refractivity (Wildman–Crippen MR) is 107 cm³/mol. The normalized spacial score (nSPS) is 20.1. The molecule has 0 radical (unpaired) electrons. The van der Waals surface area contributed by atoms with Crippen LogP contribution in [0, 0.1) is 6.92 Å². The van der Waals surface area contributed by atoms with Gasteiger partial charge < -0.3 is 4.74 Å². The zero-order chi connectivity index (χ0) is 19.9. The monoisotopic (exact) mass is 441 g/mol. The summed E-state index contributed by atoms with van der Waals surface area (Å²) in [6, 6.07) is 4.87. The lowest BCUT2D eigenvalue weighted by Gasteiger charge is -2.26. The van der Waals surface area contributed by atoms with Crippen LogP contribution in [-0.4, -0.2) is 42.9 Å². The minimum atomic E-state index is -3.66. The molecule has 0 aliphatic carbocycles. The van der Waals surface area contributed by atoms with E-state index in [0.29, 0.717) is 41.7 Å². The summed E-state index contributed by atoms with van der Waals surface area (Å²) in [4.78, 5) is 17.8. The number of anilines is 1. The van der Waals surface area contributed by atoms with E-state index in [1.54, 1.807) is 19.1 Å². The van der Waals surface area contributed by atoms with Gasteiger partial charge in [0.2, 0.25) is 10.0 Å². The number of carbonyl (C=O) groups excluding carboxylic acids is 1. The number of halogens is 1. The number of carbonyl (C=O) groups is 1. The molecule has 1 N–H and O–H groups in total. The quantitative estimate of drug-likeness (QED) is 0.787. The number of hydrogen-bond acceptors (Lipinski definition) is 6. The first-order valence-electron chi connectivity index (χ1n) is 9.02. The van der Waals surface area contributed by atoms with Crippen LogP contribution in [0.3, 0.4) is 0 Å². The molecule has 7 nitrogen and oxygen atoms in total. The topological polar surface area (TPSA) is 88.6 Å². The van der Waals surface area contributed by atoms with Crippen molar-refractivity contribution in [3.63, 3.8) is 0 Å². The number of aryl methyl sites for hydroxylation is 1. The fraction of sp³-hybridized carbons (Fsp3) is 0.444. The van der Waals surface area contributed by atoms with Crippen molar-refractivity contribution < 1.29 is 17.9 Å². The Kier molecular flexibility index (Phi) is 5.45. The lowest BCUT2D eigenvalue weighted by molar-refractivity contribution is -0.124. The van der Waals surface area contributed by atoms with Gasteiger partial charge in [-0.2, -0.15) is 4.31 Å². The molecule has 0 bridgehead atoms. The molecule has 2 aliphatic heterocycles. The van der Waals surface area contributed by atoms with Gasteiger partial charge in [0.15, 0.2) is 5.13 Å². The number of rotatable bonds is 4. The first-order chi connectivity index (χ1) is 13.3. The molecule has 10 heteroatoms. The first kappa shape index (κ1) is 19.8. The molecule has 3 heterocycles. The Labute approximate surface area is 172 Å². The first-order valence-corrected chi connectivity index (χ1v) is 11.7. The number of hydrogen-bond donors (Lipinski definition) is 1. The van der Waals surface area contributed by atoms with Gasteiger partial charge in [0.05, 0.1) is 17.1 Å². The Bertz CT molecular complexity index is 1020. The molecule has 1 aromatic heterocycles. The van der Waals surface area contributed by atoms with Gasteiger partial charge in [0.25, 0.3) is 5.91 Å². The third-order valence-electron chi connectivity index (χ3n) is 4.92. The maximum Gasteiger partial charge on any atom is 0.255 e. The van der Waals surface area contributed by atoms with Gasteiger partial charge in [-0.3, -0.25) is 10.1 Å². The van der Waals surface area contributed by atoms with Crippen molar-refractivity contribution in [2.75, 3.05) is 18.5 Å². The zero-order valence-corrected chi connectivity index (χ0v) is 17.7. The molecule has 1 atom stereocenters. The van der Waals surface area contributed by atoms with Crippen LogP contribution >= 0.6 is 22.9 Å². The Morgan fingerprint density at radius 3 is 3.00 bits per heavy atom. The van der Waals surface area contributed by atoms with Gasteiger partial charge in [0, 0.05) is 29.5 Å². The van der Waals surface area contributed by atoms with Crippen LogP contribution in [-0.2, 0) is 32.5 Å². The second-order valence-electron chi connectivity index (χ2n) is 6.88. The SMILES string of the molecule is Cc1ccc(Cl)cc1S(=O)(=O)N1CCc2nc(NC(=O)C3CCCO3)sc2C1. The van der Waals surface area contributed by atoms with Crippen LogP contribution in [0.25, 0.3) is 0 Å². The van der Waals surface area contributed by atoms with Crippen LogP contribution in [0.2, 0.25) is 5.02 Å². The molecule has 1 unspecified atom stereocenters. The van der Waals surface area contributed by atoms with Gasteiger partial charge in [-0.1, -0.05) is 17.7 Å². The third kappa shape index (κ3) is 3.81. The van der Waals surface area contributed by atoms with Crippen molar-refractivity contribution in [3.05, 3.63) is 39.4 Å². The van der Waals surface area contributed by atoms with E-state index in [2.05, 4.69) is 10.3 Å². The molecule has 1 fully saturated rings. The third-order valence-corrected chi connectivity index (χ3v) is 8.14. The molecule has 150 valence electrons. The molecular formula is C18H20ClN3O4S2. The maximum absolute atomic E-state index is 13.1. The Hall–Kier alpha value is -1.52. The van der Waals surface area contributed by atoms with E-state index in [1.165, 1.54) is 21.7 Å². The average Bonchev–Trinajstić information content (AvgIpc) is 3.32. The summed E-state index contributed by atoms with van der Waals surface area (Å²) < 4.78 is 33.0. The Balaban J connectivity index is 1.52. The molecule has 1 amide bonds. The molecule has 2 aliphatic rings. The van der Waals surface area contributed by atoms with Gasteiger partial charge in [-0.25, -0.2) is 13.4 Å². The van der Waals surface area contributed by atoms with E-state index in [1.807, 2.05) is 0 Å². The summed E-state index contributed by atoms with van der Waals surface area (Å²) in [6.07, 6.45) is 1.66. The summed E-state index contributed by atoms with van der Waals surface area (Å²) in [5, 5.41) is 3.68. The van der Waals surface area contributed by atoms with Crippen molar-refractivity contribution in [3.8, 4) is 0 Å². The summed E-state index contributed by atoms with van der Waals surface area (Å²) in [7, 11) is -3.66. The largest absolute Gasteiger partial charge is 0.368 e. The van der Waals surface area contributed by atoms with Crippen molar-refractivity contribution in [1.29, 1.82) is 0 Å². The predicted octanol–water partition coefficient (Wildman–Crippen LogP) is 2.97. The second kappa shape index (κ2) is 7.72. The fourth-order valence-corrected chi connectivity index (χ4v) is 6.40. The average molecular weight is 442 g/mol. The molecule has 2 aromatic rings. The van der Waals surface area contributed by atoms with Gasteiger partial charge in [0.1, 0.15) is 6.10 Å². The number of ether oxygens (including phenoxy) is 1. The number of aromatic nitrogens is 1. The molecule has 1 aromatic carbocycles. The highest BCUT2D eigenvalue weighted by molar-refractivity contribution is 7.89. The highest BCUT2D eigenvalue weighted by Crippen LogP contribution is 2.32. The van der Waals surface area contributed by atoms with Crippen LogP contribution in [0.1, 0.15) is 29.0 Å². The number of sulfonamides is 1. The highest BCUT2D eigenvalue weighted by Gasteiger charge is 2.32. The standard InChI is InChI=1S/C18H20ClN3O4S2/c1-11-4-5-12(19)9-16(11)28(24,25)22-7-6-13-15(10-22)27-18(20-13)21-17(23)14-3-2-8-26-14/h4-5,9,14H,2-3,6-8,10H2,1H3,(H,20,21,23). The number of nitrogens with zero attached hydrogens (tertiary/aromatic N) is 2. The second-order valence-corrected chi connectivity index (χ2v) is 10.3.